The summed E-state index contributed by atoms with van der Waals surface area (Å²) in [5.74, 6) is 0.612. The van der Waals surface area contributed by atoms with Crippen molar-refractivity contribution in [2.75, 3.05) is 11.3 Å². The van der Waals surface area contributed by atoms with Gasteiger partial charge in [-0.05, 0) is 43.3 Å². The van der Waals surface area contributed by atoms with Crippen molar-refractivity contribution in [3.8, 4) is 5.75 Å². The fraction of sp³-hybridized carbons (Fsp3) is 0.167. The molecule has 0 spiro atoms. The van der Waals surface area contributed by atoms with Gasteiger partial charge in [0.05, 0.1) is 29.9 Å². The zero-order chi connectivity index (χ0) is 19.4. The van der Waals surface area contributed by atoms with Crippen LogP contribution in [-0.2, 0) is 16.6 Å². The third-order valence-electron chi connectivity index (χ3n) is 3.71. The van der Waals surface area contributed by atoms with Crippen LogP contribution >= 0.6 is 23.2 Å². The standard InChI is InChI=1S/C18H17Cl2N3O3S/c1-2-26-14-6-8-15(9-7-14)27(24,25)22-13-10-21-23(11-13)12-16-17(19)4-3-5-18(16)20/h3-11,22H,2,12H2,1H3. The number of sulfonamides is 1. The third-order valence-corrected chi connectivity index (χ3v) is 5.82. The molecule has 1 N–H and O–H groups in total. The normalized spacial score (nSPS) is 11.4. The molecule has 0 unspecified atom stereocenters. The highest BCUT2D eigenvalue weighted by Crippen LogP contribution is 2.25. The Balaban J connectivity index is 1.74. The topological polar surface area (TPSA) is 73.2 Å². The molecule has 27 heavy (non-hydrogen) atoms. The van der Waals surface area contributed by atoms with Gasteiger partial charge >= 0.3 is 0 Å². The number of hydrogen-bond acceptors (Lipinski definition) is 4. The highest BCUT2D eigenvalue weighted by molar-refractivity contribution is 7.92. The fourth-order valence-electron chi connectivity index (χ4n) is 2.44. The van der Waals surface area contributed by atoms with Crippen LogP contribution in [0.2, 0.25) is 10.0 Å². The van der Waals surface area contributed by atoms with E-state index in [4.69, 9.17) is 27.9 Å². The molecule has 0 radical (unpaired) electrons. The molecule has 1 heterocycles. The first-order valence-corrected chi connectivity index (χ1v) is 10.3. The number of benzene rings is 2. The molecule has 3 aromatic rings. The van der Waals surface area contributed by atoms with Gasteiger partial charge in [0.1, 0.15) is 5.75 Å². The van der Waals surface area contributed by atoms with E-state index in [1.165, 1.54) is 18.3 Å². The van der Waals surface area contributed by atoms with Crippen molar-refractivity contribution >= 4 is 38.9 Å². The Kier molecular flexibility index (Phi) is 5.94. The number of rotatable bonds is 7. The monoisotopic (exact) mass is 425 g/mol. The summed E-state index contributed by atoms with van der Waals surface area (Å²) in [5.41, 5.74) is 1.05. The minimum Gasteiger partial charge on any atom is -0.494 e. The number of aromatic nitrogens is 2. The van der Waals surface area contributed by atoms with E-state index in [0.29, 0.717) is 40.2 Å². The molecule has 6 nitrogen and oxygen atoms in total. The van der Waals surface area contributed by atoms with E-state index in [1.807, 2.05) is 6.92 Å². The number of ether oxygens (including phenoxy) is 1. The van der Waals surface area contributed by atoms with Gasteiger partial charge in [0.25, 0.3) is 10.0 Å². The zero-order valence-corrected chi connectivity index (χ0v) is 16.7. The highest BCUT2D eigenvalue weighted by atomic mass is 35.5. The maximum Gasteiger partial charge on any atom is 0.261 e. The van der Waals surface area contributed by atoms with E-state index in [2.05, 4.69) is 9.82 Å². The Morgan fingerprint density at radius 1 is 1.11 bits per heavy atom. The molecule has 0 saturated heterocycles. The Bertz CT molecular complexity index is 1010. The molecule has 2 aromatic carbocycles. The lowest BCUT2D eigenvalue weighted by Gasteiger charge is -2.08. The molecule has 0 bridgehead atoms. The lowest BCUT2D eigenvalue weighted by Crippen LogP contribution is -2.12. The molecule has 0 aliphatic heterocycles. The van der Waals surface area contributed by atoms with Crippen molar-refractivity contribution in [1.82, 2.24) is 9.78 Å². The third kappa shape index (κ3) is 4.74. The van der Waals surface area contributed by atoms with Crippen LogP contribution in [-0.4, -0.2) is 24.8 Å². The van der Waals surface area contributed by atoms with Crippen molar-refractivity contribution in [2.45, 2.75) is 18.4 Å². The van der Waals surface area contributed by atoms with Gasteiger partial charge < -0.3 is 4.74 Å². The lowest BCUT2D eigenvalue weighted by atomic mass is 10.2. The predicted octanol–water partition coefficient (Wildman–Crippen LogP) is 4.44. The SMILES string of the molecule is CCOc1ccc(S(=O)(=O)Nc2cnn(Cc3c(Cl)cccc3Cl)c2)cc1. The van der Waals surface area contributed by atoms with Crippen molar-refractivity contribution in [3.05, 3.63) is 70.5 Å². The minimum absolute atomic E-state index is 0.132. The molecule has 9 heteroatoms. The van der Waals surface area contributed by atoms with Gasteiger partial charge in [-0.25, -0.2) is 8.42 Å². The Morgan fingerprint density at radius 3 is 2.41 bits per heavy atom. The maximum atomic E-state index is 12.5. The fourth-order valence-corrected chi connectivity index (χ4v) is 3.99. The highest BCUT2D eigenvalue weighted by Gasteiger charge is 2.16. The smallest absolute Gasteiger partial charge is 0.261 e. The quantitative estimate of drug-likeness (QED) is 0.607. The maximum absolute atomic E-state index is 12.5. The largest absolute Gasteiger partial charge is 0.494 e. The molecule has 0 aliphatic rings. The van der Waals surface area contributed by atoms with Gasteiger partial charge in [0.15, 0.2) is 0 Å². The van der Waals surface area contributed by atoms with Crippen LogP contribution in [0.5, 0.6) is 5.75 Å². The van der Waals surface area contributed by atoms with Crippen molar-refractivity contribution in [3.63, 3.8) is 0 Å². The van der Waals surface area contributed by atoms with E-state index in [1.54, 1.807) is 41.2 Å². The Labute approximate surface area is 167 Å². The van der Waals surface area contributed by atoms with Gasteiger partial charge in [0, 0.05) is 21.8 Å². The summed E-state index contributed by atoms with van der Waals surface area (Å²) in [7, 11) is -3.73. The van der Waals surface area contributed by atoms with Gasteiger partial charge in [-0.15, -0.1) is 0 Å². The molecular formula is C18H17Cl2N3O3S. The summed E-state index contributed by atoms with van der Waals surface area (Å²) in [5, 5.41) is 5.21. The molecular weight excluding hydrogens is 409 g/mol. The predicted molar refractivity (Wildman–Crippen MR) is 106 cm³/mol. The van der Waals surface area contributed by atoms with Crippen LogP contribution in [0.4, 0.5) is 5.69 Å². The van der Waals surface area contributed by atoms with Gasteiger partial charge in [0.2, 0.25) is 0 Å². The summed E-state index contributed by atoms with van der Waals surface area (Å²) in [6.07, 6.45) is 3.00. The molecule has 0 fully saturated rings. The number of halogens is 2. The first-order valence-electron chi connectivity index (χ1n) is 8.10. The van der Waals surface area contributed by atoms with E-state index in [0.717, 1.165) is 0 Å². The lowest BCUT2D eigenvalue weighted by molar-refractivity contribution is 0.340. The summed E-state index contributed by atoms with van der Waals surface area (Å²) in [6, 6.07) is 11.4. The summed E-state index contributed by atoms with van der Waals surface area (Å²) in [4.78, 5) is 0.132. The van der Waals surface area contributed by atoms with Crippen LogP contribution in [0.1, 0.15) is 12.5 Å². The molecule has 3 rings (SSSR count). The van der Waals surface area contributed by atoms with E-state index < -0.39 is 10.0 Å². The Hall–Kier alpha value is -2.22. The summed E-state index contributed by atoms with van der Waals surface area (Å²) in [6.45, 7) is 2.70. The zero-order valence-electron chi connectivity index (χ0n) is 14.4. The summed E-state index contributed by atoms with van der Waals surface area (Å²) < 4.78 is 34.4. The van der Waals surface area contributed by atoms with Crippen LogP contribution < -0.4 is 9.46 Å². The Morgan fingerprint density at radius 2 is 1.78 bits per heavy atom. The van der Waals surface area contributed by atoms with Crippen molar-refractivity contribution < 1.29 is 13.2 Å². The van der Waals surface area contributed by atoms with Gasteiger partial charge in [-0.2, -0.15) is 5.10 Å². The second-order valence-electron chi connectivity index (χ2n) is 5.64. The van der Waals surface area contributed by atoms with Crippen molar-refractivity contribution in [1.29, 1.82) is 0 Å². The van der Waals surface area contributed by atoms with E-state index >= 15 is 0 Å². The number of nitrogens with zero attached hydrogens (tertiary/aromatic N) is 2. The second-order valence-corrected chi connectivity index (χ2v) is 8.13. The van der Waals surface area contributed by atoms with Crippen molar-refractivity contribution in [2.24, 2.45) is 0 Å². The molecule has 142 valence electrons. The first-order chi connectivity index (χ1) is 12.9. The first kappa shape index (κ1) is 19.5. The molecule has 0 saturated carbocycles. The second kappa shape index (κ2) is 8.21. The summed E-state index contributed by atoms with van der Waals surface area (Å²) >= 11 is 12.3. The average molecular weight is 426 g/mol. The van der Waals surface area contributed by atoms with Gasteiger partial charge in [-0.1, -0.05) is 29.3 Å². The van der Waals surface area contributed by atoms with E-state index in [-0.39, 0.29) is 4.90 Å². The molecule has 0 aliphatic carbocycles. The number of anilines is 1. The van der Waals surface area contributed by atoms with E-state index in [9.17, 15) is 8.42 Å². The minimum atomic E-state index is -3.73. The van der Waals surface area contributed by atoms with Crippen LogP contribution in [0.25, 0.3) is 0 Å². The van der Waals surface area contributed by atoms with Crippen LogP contribution in [0, 0.1) is 0 Å². The number of nitrogens with one attached hydrogen (secondary N) is 1. The molecule has 0 amide bonds. The van der Waals surface area contributed by atoms with Gasteiger partial charge in [-0.3, -0.25) is 9.40 Å². The van der Waals surface area contributed by atoms with Crippen LogP contribution in [0.15, 0.2) is 59.8 Å². The average Bonchev–Trinajstić information content (AvgIpc) is 3.05. The molecule has 1 aromatic heterocycles. The van der Waals surface area contributed by atoms with Crippen LogP contribution in [0.3, 0.4) is 0 Å². The molecule has 0 atom stereocenters. The number of hydrogen-bond donors (Lipinski definition) is 1.